The summed E-state index contributed by atoms with van der Waals surface area (Å²) in [5.41, 5.74) is 0.874. The number of ether oxygens (including phenoxy) is 1. The van der Waals surface area contributed by atoms with Crippen molar-refractivity contribution < 1.29 is 19.1 Å². The fraction of sp³-hybridized carbons (Fsp3) is 0.611. The first-order chi connectivity index (χ1) is 12.0. The lowest BCUT2D eigenvalue weighted by Crippen LogP contribution is -2.49. The molecule has 0 saturated carbocycles. The van der Waals surface area contributed by atoms with Gasteiger partial charge >= 0.3 is 0 Å². The maximum Gasteiger partial charge on any atom is 0.227 e. The first-order valence-electron chi connectivity index (χ1n) is 8.65. The summed E-state index contributed by atoms with van der Waals surface area (Å²) in [4.78, 5) is 41.2. The van der Waals surface area contributed by atoms with Crippen molar-refractivity contribution >= 4 is 28.9 Å². The van der Waals surface area contributed by atoms with Crippen molar-refractivity contribution in [2.45, 2.75) is 32.2 Å². The Hall–Kier alpha value is -1.73. The van der Waals surface area contributed by atoms with Crippen LogP contribution in [0.3, 0.4) is 0 Å². The number of rotatable bonds is 6. The molecular formula is C18H24N2O4S. The van der Waals surface area contributed by atoms with Crippen molar-refractivity contribution in [3.8, 4) is 0 Å². The quantitative estimate of drug-likeness (QED) is 0.719. The summed E-state index contributed by atoms with van der Waals surface area (Å²) in [6, 6.07) is 1.88. The summed E-state index contributed by atoms with van der Waals surface area (Å²) in [6.45, 7) is 3.73. The van der Waals surface area contributed by atoms with Crippen LogP contribution in [0.2, 0.25) is 0 Å². The lowest BCUT2D eigenvalue weighted by molar-refractivity contribution is -0.140. The van der Waals surface area contributed by atoms with E-state index < -0.39 is 0 Å². The monoisotopic (exact) mass is 364 g/mol. The first kappa shape index (κ1) is 18.1. The number of nitrogens with zero attached hydrogens (tertiary/aromatic N) is 2. The average molecular weight is 364 g/mol. The average Bonchev–Trinajstić information content (AvgIpc) is 2.87. The summed E-state index contributed by atoms with van der Waals surface area (Å²) < 4.78 is 5.12. The minimum atomic E-state index is -0.102. The van der Waals surface area contributed by atoms with Crippen LogP contribution in [0, 0.1) is 5.92 Å². The molecule has 136 valence electrons. The van der Waals surface area contributed by atoms with Crippen LogP contribution in [-0.4, -0.2) is 66.8 Å². The van der Waals surface area contributed by atoms with Crippen molar-refractivity contribution in [3.05, 3.63) is 21.9 Å². The molecule has 4 rings (SSSR count). The van der Waals surface area contributed by atoms with Gasteiger partial charge < -0.3 is 14.5 Å². The molecule has 4 heterocycles. The van der Waals surface area contributed by atoms with E-state index in [4.69, 9.17) is 4.74 Å². The minimum Gasteiger partial charge on any atom is -0.383 e. The molecule has 2 unspecified atom stereocenters. The summed E-state index contributed by atoms with van der Waals surface area (Å²) in [7, 11) is 1.63. The maximum absolute atomic E-state index is 12.7. The molecule has 0 spiro atoms. The molecule has 3 fully saturated rings. The van der Waals surface area contributed by atoms with Gasteiger partial charge in [0, 0.05) is 32.8 Å². The summed E-state index contributed by atoms with van der Waals surface area (Å²) in [6.07, 6.45) is 2.08. The highest BCUT2D eigenvalue weighted by Crippen LogP contribution is 2.29. The van der Waals surface area contributed by atoms with Gasteiger partial charge in [-0.3, -0.25) is 14.4 Å². The second-order valence-corrected chi connectivity index (χ2v) is 7.71. The molecule has 1 aromatic rings. The standard InChI is InChI=1S/C18H24N2O4S/c1-12(21)16-7-13(11-25-16)8-17(22)19-9-14-3-4-15(10-19)20(18(14)23)5-6-24-2/h7,11,14-15H,3-6,8-10H2,1-2H3. The number of hydrogen-bond acceptors (Lipinski definition) is 5. The van der Waals surface area contributed by atoms with Crippen LogP contribution in [0.25, 0.3) is 0 Å². The van der Waals surface area contributed by atoms with Crippen LogP contribution in [0.15, 0.2) is 11.4 Å². The molecule has 3 aliphatic rings. The van der Waals surface area contributed by atoms with Crippen molar-refractivity contribution in [3.63, 3.8) is 0 Å². The predicted octanol–water partition coefficient (Wildman–Crippen LogP) is 1.59. The van der Waals surface area contributed by atoms with Gasteiger partial charge in [-0.1, -0.05) is 0 Å². The number of thiophene rings is 1. The van der Waals surface area contributed by atoms with E-state index >= 15 is 0 Å². The molecule has 6 nitrogen and oxygen atoms in total. The number of carbonyl (C=O) groups excluding carboxylic acids is 3. The lowest BCUT2D eigenvalue weighted by atomic mass is 9.94. The molecule has 3 saturated heterocycles. The smallest absolute Gasteiger partial charge is 0.227 e. The van der Waals surface area contributed by atoms with Gasteiger partial charge in [-0.25, -0.2) is 0 Å². The number of fused-ring (bicyclic) bond motifs is 4. The number of piperidine rings is 1. The van der Waals surface area contributed by atoms with E-state index in [9.17, 15) is 14.4 Å². The Labute approximate surface area is 151 Å². The molecular weight excluding hydrogens is 340 g/mol. The molecule has 0 aromatic carbocycles. The van der Waals surface area contributed by atoms with E-state index in [0.717, 1.165) is 18.4 Å². The van der Waals surface area contributed by atoms with Gasteiger partial charge in [0.2, 0.25) is 11.8 Å². The first-order valence-corrected chi connectivity index (χ1v) is 9.53. The third-order valence-electron chi connectivity index (χ3n) is 5.04. The van der Waals surface area contributed by atoms with E-state index in [2.05, 4.69) is 0 Å². The number of amides is 2. The third kappa shape index (κ3) is 3.93. The fourth-order valence-corrected chi connectivity index (χ4v) is 4.48. The van der Waals surface area contributed by atoms with Gasteiger partial charge in [-0.05, 0) is 36.8 Å². The van der Waals surface area contributed by atoms with Crippen molar-refractivity contribution in [2.75, 3.05) is 33.4 Å². The number of ketones is 1. The molecule has 0 N–H and O–H groups in total. The zero-order valence-corrected chi connectivity index (χ0v) is 15.5. The Bertz CT molecular complexity index is 672. The predicted molar refractivity (Wildman–Crippen MR) is 94.7 cm³/mol. The highest BCUT2D eigenvalue weighted by atomic mass is 32.1. The second-order valence-electron chi connectivity index (χ2n) is 6.80. The van der Waals surface area contributed by atoms with Gasteiger partial charge in [-0.15, -0.1) is 11.3 Å². The Kier molecular flexibility index (Phi) is 5.54. The second kappa shape index (κ2) is 7.66. The highest BCUT2D eigenvalue weighted by molar-refractivity contribution is 7.12. The molecule has 2 bridgehead atoms. The SMILES string of the molecule is COCCN1C(=O)C2CCC1CN(C(=O)Cc1csc(C(C)=O)c1)C2. The minimum absolute atomic E-state index is 0.0240. The highest BCUT2D eigenvalue weighted by Gasteiger charge is 2.41. The Morgan fingerprint density at radius 2 is 2.12 bits per heavy atom. The largest absolute Gasteiger partial charge is 0.383 e. The van der Waals surface area contributed by atoms with Gasteiger partial charge in [-0.2, -0.15) is 0 Å². The maximum atomic E-state index is 12.7. The lowest BCUT2D eigenvalue weighted by Gasteiger charge is -2.35. The number of hydrogen-bond donors (Lipinski definition) is 0. The number of Topliss-reactive ketones (excluding diaryl/α,β-unsaturated/α-hetero) is 1. The zero-order valence-electron chi connectivity index (χ0n) is 14.7. The van der Waals surface area contributed by atoms with Crippen LogP contribution in [0.4, 0.5) is 0 Å². The van der Waals surface area contributed by atoms with Crippen molar-refractivity contribution in [1.29, 1.82) is 0 Å². The van der Waals surface area contributed by atoms with E-state index in [1.807, 2.05) is 15.2 Å². The van der Waals surface area contributed by atoms with Gasteiger partial charge in [0.25, 0.3) is 0 Å². The van der Waals surface area contributed by atoms with E-state index in [1.54, 1.807) is 13.2 Å². The van der Waals surface area contributed by atoms with Crippen LogP contribution in [0.1, 0.15) is 35.0 Å². The molecule has 2 atom stereocenters. The summed E-state index contributed by atoms with van der Waals surface area (Å²) >= 11 is 1.38. The van der Waals surface area contributed by atoms with E-state index in [1.165, 1.54) is 18.3 Å². The normalized spacial score (nSPS) is 23.0. The van der Waals surface area contributed by atoms with E-state index in [0.29, 0.717) is 31.1 Å². The Morgan fingerprint density at radius 3 is 2.80 bits per heavy atom. The molecule has 0 aliphatic carbocycles. The topological polar surface area (TPSA) is 66.9 Å². The van der Waals surface area contributed by atoms with Crippen LogP contribution >= 0.6 is 11.3 Å². The fourth-order valence-electron chi connectivity index (χ4n) is 3.67. The molecule has 25 heavy (non-hydrogen) atoms. The number of carbonyl (C=O) groups is 3. The van der Waals surface area contributed by atoms with E-state index in [-0.39, 0.29) is 36.0 Å². The zero-order chi connectivity index (χ0) is 18.0. The van der Waals surface area contributed by atoms with Gasteiger partial charge in [0.1, 0.15) is 0 Å². The third-order valence-corrected chi connectivity index (χ3v) is 6.12. The van der Waals surface area contributed by atoms with Gasteiger partial charge in [0.15, 0.2) is 5.78 Å². The summed E-state index contributed by atoms with van der Waals surface area (Å²) in [5, 5.41) is 1.87. The van der Waals surface area contributed by atoms with Gasteiger partial charge in [0.05, 0.1) is 23.8 Å². The van der Waals surface area contributed by atoms with Crippen molar-refractivity contribution in [2.24, 2.45) is 5.92 Å². The number of methoxy groups -OCH3 is 1. The molecule has 3 aliphatic heterocycles. The molecule has 2 amide bonds. The molecule has 0 radical (unpaired) electrons. The Balaban J connectivity index is 1.67. The summed E-state index contributed by atoms with van der Waals surface area (Å²) in [5.74, 6) is 0.106. The van der Waals surface area contributed by atoms with Crippen LogP contribution < -0.4 is 0 Å². The Morgan fingerprint density at radius 1 is 1.32 bits per heavy atom. The van der Waals surface area contributed by atoms with Crippen molar-refractivity contribution in [1.82, 2.24) is 9.80 Å². The van der Waals surface area contributed by atoms with Crippen LogP contribution in [-0.2, 0) is 20.7 Å². The van der Waals surface area contributed by atoms with Crippen LogP contribution in [0.5, 0.6) is 0 Å². The molecule has 1 aromatic heterocycles. The molecule has 7 heteroatoms.